The van der Waals surface area contributed by atoms with Gasteiger partial charge >= 0.3 is 12.0 Å². The molecule has 7 heteroatoms. The second-order valence-electron chi connectivity index (χ2n) is 4.36. The molecule has 1 unspecified atom stereocenters. The van der Waals surface area contributed by atoms with Crippen molar-refractivity contribution in [1.29, 1.82) is 0 Å². The zero-order chi connectivity index (χ0) is 15.1. The van der Waals surface area contributed by atoms with Crippen LogP contribution in [0.1, 0.15) is 19.8 Å². The van der Waals surface area contributed by atoms with E-state index < -0.39 is 23.7 Å². The summed E-state index contributed by atoms with van der Waals surface area (Å²) in [6.45, 7) is 1.91. The van der Waals surface area contributed by atoms with Crippen molar-refractivity contribution in [3.05, 3.63) is 29.0 Å². The van der Waals surface area contributed by atoms with Crippen molar-refractivity contribution < 1.29 is 19.1 Å². The highest BCUT2D eigenvalue weighted by atomic mass is 35.5. The Morgan fingerprint density at radius 2 is 2.15 bits per heavy atom. The fraction of sp³-hybridized carbons (Fsp3) is 0.385. The molecular weight excluding hydrogens is 287 g/mol. The Balaban J connectivity index is 2.34. The number of carboxylic acids is 1. The number of benzene rings is 1. The van der Waals surface area contributed by atoms with E-state index >= 15 is 0 Å². The summed E-state index contributed by atoms with van der Waals surface area (Å²) in [5, 5.41) is 13.5. The lowest BCUT2D eigenvalue weighted by molar-refractivity contribution is -0.141. The van der Waals surface area contributed by atoms with Crippen LogP contribution in [-0.4, -0.2) is 23.7 Å². The van der Waals surface area contributed by atoms with Gasteiger partial charge in [0.1, 0.15) is 0 Å². The van der Waals surface area contributed by atoms with Gasteiger partial charge in [0, 0.05) is 6.54 Å². The molecule has 1 aromatic rings. The number of carbonyl (C=O) groups is 2. The van der Waals surface area contributed by atoms with Crippen LogP contribution >= 0.6 is 11.6 Å². The van der Waals surface area contributed by atoms with Gasteiger partial charge in [-0.05, 0) is 25.0 Å². The van der Waals surface area contributed by atoms with E-state index in [-0.39, 0.29) is 10.7 Å². The van der Waals surface area contributed by atoms with Crippen LogP contribution in [0.4, 0.5) is 14.9 Å². The minimum Gasteiger partial charge on any atom is -0.481 e. The zero-order valence-electron chi connectivity index (χ0n) is 11.0. The number of hydrogen-bond acceptors (Lipinski definition) is 2. The largest absolute Gasteiger partial charge is 0.481 e. The summed E-state index contributed by atoms with van der Waals surface area (Å²) in [5.41, 5.74) is -0.00564. The van der Waals surface area contributed by atoms with E-state index in [0.717, 1.165) is 0 Å². The third-order valence-electron chi connectivity index (χ3n) is 2.72. The normalized spacial score (nSPS) is 11.8. The van der Waals surface area contributed by atoms with Gasteiger partial charge < -0.3 is 15.7 Å². The van der Waals surface area contributed by atoms with Crippen molar-refractivity contribution in [2.75, 3.05) is 11.9 Å². The Morgan fingerprint density at radius 3 is 2.80 bits per heavy atom. The summed E-state index contributed by atoms with van der Waals surface area (Å²) in [6.07, 6.45) is 0.986. The van der Waals surface area contributed by atoms with E-state index in [1.165, 1.54) is 18.2 Å². The van der Waals surface area contributed by atoms with Crippen LogP contribution in [0.3, 0.4) is 0 Å². The molecule has 2 amide bonds. The number of anilines is 1. The molecule has 0 bridgehead atoms. The predicted octanol–water partition coefficient (Wildman–Crippen LogP) is 3.10. The van der Waals surface area contributed by atoms with E-state index in [1.807, 2.05) is 0 Å². The van der Waals surface area contributed by atoms with Gasteiger partial charge in [0.15, 0.2) is 5.82 Å². The van der Waals surface area contributed by atoms with Gasteiger partial charge in [0.2, 0.25) is 0 Å². The minimum absolute atomic E-state index is 0.00564. The molecule has 0 saturated carbocycles. The summed E-state index contributed by atoms with van der Waals surface area (Å²) < 4.78 is 13.5. The monoisotopic (exact) mass is 302 g/mol. The van der Waals surface area contributed by atoms with Crippen molar-refractivity contribution in [2.45, 2.75) is 19.8 Å². The first-order valence-electron chi connectivity index (χ1n) is 6.13. The second kappa shape index (κ2) is 7.69. The molecule has 0 aliphatic rings. The highest BCUT2D eigenvalue weighted by Crippen LogP contribution is 2.21. The smallest absolute Gasteiger partial charge is 0.319 e. The number of hydrogen-bond donors (Lipinski definition) is 3. The van der Waals surface area contributed by atoms with E-state index in [1.54, 1.807) is 6.92 Å². The number of aliphatic carboxylic acids is 1. The van der Waals surface area contributed by atoms with Gasteiger partial charge in [-0.2, -0.15) is 0 Å². The summed E-state index contributed by atoms with van der Waals surface area (Å²) in [5.74, 6) is -2.01. The maximum atomic E-state index is 13.5. The van der Waals surface area contributed by atoms with Crippen molar-refractivity contribution in [3.63, 3.8) is 0 Å². The molecule has 110 valence electrons. The maximum Gasteiger partial charge on any atom is 0.319 e. The number of urea groups is 1. The molecule has 0 saturated heterocycles. The third-order valence-corrected chi connectivity index (χ3v) is 3.01. The van der Waals surface area contributed by atoms with Crippen molar-refractivity contribution in [1.82, 2.24) is 5.32 Å². The van der Waals surface area contributed by atoms with Crippen LogP contribution < -0.4 is 10.6 Å². The van der Waals surface area contributed by atoms with E-state index in [9.17, 15) is 14.0 Å². The van der Waals surface area contributed by atoms with Crippen LogP contribution in [0.2, 0.25) is 5.02 Å². The lowest BCUT2D eigenvalue weighted by atomic mass is 10.1. The van der Waals surface area contributed by atoms with Gasteiger partial charge in [-0.3, -0.25) is 4.79 Å². The summed E-state index contributed by atoms with van der Waals surface area (Å²) in [4.78, 5) is 22.1. The van der Waals surface area contributed by atoms with Crippen LogP contribution in [0.25, 0.3) is 0 Å². The average Bonchev–Trinajstić information content (AvgIpc) is 2.39. The Bertz CT molecular complexity index is 497. The Kier molecular flexibility index (Phi) is 6.24. The molecule has 0 spiro atoms. The Hall–Kier alpha value is -1.82. The average molecular weight is 303 g/mol. The standard InChI is InChI=1S/C13H16ClFN2O3/c1-8(12(18)19)4-3-7-16-13(20)17-10-6-2-5-9(14)11(10)15/h2,5-6,8H,3-4,7H2,1H3,(H,18,19)(H2,16,17,20). The fourth-order valence-corrected chi connectivity index (χ4v) is 1.68. The molecule has 1 atom stereocenters. The zero-order valence-corrected chi connectivity index (χ0v) is 11.7. The van der Waals surface area contributed by atoms with E-state index in [2.05, 4.69) is 10.6 Å². The van der Waals surface area contributed by atoms with Gasteiger partial charge in [-0.25, -0.2) is 9.18 Å². The quantitative estimate of drug-likeness (QED) is 0.707. The van der Waals surface area contributed by atoms with Crippen molar-refractivity contribution >= 4 is 29.3 Å². The summed E-state index contributed by atoms with van der Waals surface area (Å²) >= 11 is 5.59. The SMILES string of the molecule is CC(CCCNC(=O)Nc1cccc(Cl)c1F)C(=O)O. The second-order valence-corrected chi connectivity index (χ2v) is 4.77. The maximum absolute atomic E-state index is 13.5. The van der Waals surface area contributed by atoms with Crippen LogP contribution in [0.15, 0.2) is 18.2 Å². The van der Waals surface area contributed by atoms with Gasteiger partial charge in [-0.15, -0.1) is 0 Å². The van der Waals surface area contributed by atoms with Crippen molar-refractivity contribution in [2.24, 2.45) is 5.92 Å². The molecule has 3 N–H and O–H groups in total. The lowest BCUT2D eigenvalue weighted by Crippen LogP contribution is -2.30. The van der Waals surface area contributed by atoms with Crippen molar-refractivity contribution in [3.8, 4) is 0 Å². The number of halogens is 2. The molecule has 1 aromatic carbocycles. The van der Waals surface area contributed by atoms with Crippen LogP contribution in [0.5, 0.6) is 0 Å². The molecule has 0 radical (unpaired) electrons. The van der Waals surface area contributed by atoms with Crippen LogP contribution in [0, 0.1) is 11.7 Å². The number of amides is 2. The molecule has 0 aromatic heterocycles. The lowest BCUT2D eigenvalue weighted by Gasteiger charge is -2.10. The minimum atomic E-state index is -0.865. The molecule has 20 heavy (non-hydrogen) atoms. The molecule has 0 aliphatic carbocycles. The third kappa shape index (κ3) is 5.05. The molecule has 1 rings (SSSR count). The molecule has 0 heterocycles. The predicted molar refractivity (Wildman–Crippen MR) is 74.5 cm³/mol. The summed E-state index contributed by atoms with van der Waals surface area (Å²) in [7, 11) is 0. The number of rotatable bonds is 6. The Labute approximate surface area is 121 Å². The molecule has 0 fully saturated rings. The number of carboxylic acid groups (broad SMARTS) is 1. The fourth-order valence-electron chi connectivity index (χ4n) is 1.50. The van der Waals surface area contributed by atoms with Gasteiger partial charge in [0.25, 0.3) is 0 Å². The molecular formula is C13H16ClFN2O3. The van der Waals surface area contributed by atoms with E-state index in [0.29, 0.717) is 19.4 Å². The summed E-state index contributed by atoms with van der Waals surface area (Å²) in [6, 6.07) is 3.74. The first-order valence-corrected chi connectivity index (χ1v) is 6.51. The highest BCUT2D eigenvalue weighted by Gasteiger charge is 2.11. The van der Waals surface area contributed by atoms with Gasteiger partial charge in [-0.1, -0.05) is 24.6 Å². The van der Waals surface area contributed by atoms with E-state index in [4.69, 9.17) is 16.7 Å². The number of nitrogens with one attached hydrogen (secondary N) is 2. The Morgan fingerprint density at radius 1 is 1.45 bits per heavy atom. The van der Waals surface area contributed by atoms with Gasteiger partial charge in [0.05, 0.1) is 16.6 Å². The molecule has 5 nitrogen and oxygen atoms in total. The number of carbonyl (C=O) groups excluding carboxylic acids is 1. The first-order chi connectivity index (χ1) is 9.41. The highest BCUT2D eigenvalue weighted by molar-refractivity contribution is 6.31. The van der Waals surface area contributed by atoms with Crippen LogP contribution in [-0.2, 0) is 4.79 Å². The molecule has 0 aliphatic heterocycles. The first kappa shape index (κ1) is 16.2. The topological polar surface area (TPSA) is 78.4 Å².